The average molecular weight is 299 g/mol. The summed E-state index contributed by atoms with van der Waals surface area (Å²) in [5, 5.41) is 11.3. The molecule has 0 aromatic carbocycles. The molecular weight excluding hydrogens is 274 g/mol. The standard InChI is InChI=1S/C19H25NO2/c1-17-3-2-14(22)19-13-5-9-4-10-16(19)20(8-17)11(15(17)19)6-18(10,13)7-12(9)21/h9-11,13-16,22H,2-8H2,1H3/t9?,10-,11-,13?,14?,15?,16-,17?,18-,19?/m1/s1. The highest BCUT2D eigenvalue weighted by molar-refractivity contribution is 5.84. The lowest BCUT2D eigenvalue weighted by Gasteiger charge is -2.63. The van der Waals surface area contributed by atoms with Crippen molar-refractivity contribution >= 4 is 5.78 Å². The van der Waals surface area contributed by atoms with Gasteiger partial charge in [0.05, 0.1) is 6.10 Å². The lowest BCUT2D eigenvalue weighted by molar-refractivity contribution is -0.181. The second kappa shape index (κ2) is 2.97. The van der Waals surface area contributed by atoms with E-state index in [0.717, 1.165) is 37.5 Å². The molecule has 3 aliphatic heterocycles. The van der Waals surface area contributed by atoms with Crippen molar-refractivity contribution in [3.05, 3.63) is 0 Å². The fourth-order valence-corrected chi connectivity index (χ4v) is 10.1. The number of hydrogen-bond acceptors (Lipinski definition) is 3. The van der Waals surface area contributed by atoms with Crippen LogP contribution in [0.1, 0.15) is 45.4 Å². The molecule has 3 saturated heterocycles. The Labute approximate surface area is 131 Å². The zero-order valence-electron chi connectivity index (χ0n) is 13.3. The summed E-state index contributed by atoms with van der Waals surface area (Å²) in [5.74, 6) is 3.03. The van der Waals surface area contributed by atoms with Gasteiger partial charge in [-0.05, 0) is 60.7 Å². The van der Waals surface area contributed by atoms with Crippen molar-refractivity contribution in [2.75, 3.05) is 6.54 Å². The first-order chi connectivity index (χ1) is 10.5. The molecule has 9 rings (SSSR count). The first-order valence-corrected chi connectivity index (χ1v) is 9.49. The van der Waals surface area contributed by atoms with E-state index in [-0.39, 0.29) is 11.5 Å². The second-order valence-corrected chi connectivity index (χ2v) is 10.3. The summed E-state index contributed by atoms with van der Waals surface area (Å²) in [6.07, 6.45) is 6.56. The highest BCUT2D eigenvalue weighted by Crippen LogP contribution is 2.86. The van der Waals surface area contributed by atoms with Gasteiger partial charge in [0, 0.05) is 36.4 Å². The van der Waals surface area contributed by atoms with Crippen LogP contribution in [-0.4, -0.2) is 40.5 Å². The van der Waals surface area contributed by atoms with Crippen molar-refractivity contribution in [2.24, 2.45) is 39.9 Å². The Morgan fingerprint density at radius 2 is 2.18 bits per heavy atom. The number of Topliss-reactive ketones (excluding diaryl/α,β-unsaturated/α-hetero) is 1. The van der Waals surface area contributed by atoms with E-state index >= 15 is 0 Å². The summed E-state index contributed by atoms with van der Waals surface area (Å²) in [5.41, 5.74) is 0.925. The lowest BCUT2D eigenvalue weighted by Crippen LogP contribution is -2.63. The van der Waals surface area contributed by atoms with Crippen LogP contribution in [0.25, 0.3) is 0 Å². The second-order valence-electron chi connectivity index (χ2n) is 10.3. The Bertz CT molecular complexity index is 647. The monoisotopic (exact) mass is 299 g/mol. The van der Waals surface area contributed by atoms with Gasteiger partial charge in [-0.25, -0.2) is 0 Å². The maximum atomic E-state index is 12.5. The quantitative estimate of drug-likeness (QED) is 0.742. The molecule has 9 bridgehead atoms. The number of nitrogens with zero attached hydrogens (tertiary/aromatic N) is 1. The Morgan fingerprint density at radius 1 is 1.32 bits per heavy atom. The largest absolute Gasteiger partial charge is 0.392 e. The molecule has 9 aliphatic rings. The highest BCUT2D eigenvalue weighted by atomic mass is 16.3. The van der Waals surface area contributed by atoms with Crippen LogP contribution >= 0.6 is 0 Å². The minimum Gasteiger partial charge on any atom is -0.392 e. The molecule has 22 heavy (non-hydrogen) atoms. The smallest absolute Gasteiger partial charge is 0.136 e. The number of fused-ring (bicyclic) bond motifs is 1. The first-order valence-electron chi connectivity index (χ1n) is 9.49. The third kappa shape index (κ3) is 0.825. The molecule has 3 heterocycles. The molecule has 11 atom stereocenters. The predicted molar refractivity (Wildman–Crippen MR) is 79.9 cm³/mol. The van der Waals surface area contributed by atoms with Gasteiger partial charge in [0.2, 0.25) is 0 Å². The summed E-state index contributed by atoms with van der Waals surface area (Å²) in [6, 6.07) is 1.32. The third-order valence-electron chi connectivity index (χ3n) is 10.1. The number of hydrogen-bond donors (Lipinski definition) is 1. The number of carbonyl (C=O) groups excluding carboxylic acids is 1. The Balaban J connectivity index is 1.54. The van der Waals surface area contributed by atoms with Gasteiger partial charge in [-0.1, -0.05) is 6.92 Å². The summed E-state index contributed by atoms with van der Waals surface area (Å²) in [7, 11) is 0. The maximum absolute atomic E-state index is 12.5. The fourth-order valence-electron chi connectivity index (χ4n) is 10.1. The molecular formula is C19H25NO2. The molecule has 0 aromatic heterocycles. The Morgan fingerprint density at radius 3 is 3.05 bits per heavy atom. The molecule has 3 heteroatoms. The zero-order chi connectivity index (χ0) is 14.6. The molecule has 1 N–H and O–H groups in total. The molecule has 118 valence electrons. The molecule has 6 aliphatic carbocycles. The number of ketones is 1. The lowest BCUT2D eigenvalue weighted by atomic mass is 9.41. The summed E-state index contributed by atoms with van der Waals surface area (Å²) >= 11 is 0. The molecule has 9 fully saturated rings. The van der Waals surface area contributed by atoms with Gasteiger partial charge >= 0.3 is 0 Å². The number of piperidine rings is 2. The molecule has 3 nitrogen and oxygen atoms in total. The topological polar surface area (TPSA) is 40.5 Å². The summed E-state index contributed by atoms with van der Waals surface area (Å²) in [4.78, 5) is 15.4. The third-order valence-corrected chi connectivity index (χ3v) is 10.1. The van der Waals surface area contributed by atoms with Crippen molar-refractivity contribution < 1.29 is 9.90 Å². The van der Waals surface area contributed by atoms with Crippen molar-refractivity contribution in [3.8, 4) is 0 Å². The fraction of sp³-hybridized carbons (Fsp3) is 0.947. The van der Waals surface area contributed by atoms with Gasteiger partial charge in [0.15, 0.2) is 0 Å². The minimum absolute atomic E-state index is 0.0926. The summed E-state index contributed by atoms with van der Waals surface area (Å²) in [6.45, 7) is 3.79. The van der Waals surface area contributed by atoms with E-state index < -0.39 is 0 Å². The van der Waals surface area contributed by atoms with Crippen LogP contribution in [0.4, 0.5) is 0 Å². The Hall–Kier alpha value is -0.410. The van der Waals surface area contributed by atoms with E-state index in [2.05, 4.69) is 11.8 Å². The van der Waals surface area contributed by atoms with Gasteiger partial charge in [-0.2, -0.15) is 0 Å². The van der Waals surface area contributed by atoms with Crippen LogP contribution < -0.4 is 0 Å². The number of aliphatic hydroxyl groups is 1. The van der Waals surface area contributed by atoms with Gasteiger partial charge in [-0.15, -0.1) is 0 Å². The van der Waals surface area contributed by atoms with Crippen LogP contribution in [0, 0.1) is 39.9 Å². The first kappa shape index (κ1) is 12.0. The highest BCUT2D eigenvalue weighted by Gasteiger charge is 2.88. The van der Waals surface area contributed by atoms with E-state index in [0.29, 0.717) is 40.5 Å². The number of carbonyl (C=O) groups is 1. The van der Waals surface area contributed by atoms with Crippen LogP contribution in [0.3, 0.4) is 0 Å². The van der Waals surface area contributed by atoms with Crippen molar-refractivity contribution in [3.63, 3.8) is 0 Å². The summed E-state index contributed by atoms with van der Waals surface area (Å²) < 4.78 is 0. The molecule has 6 saturated carbocycles. The normalized spacial score (nSPS) is 75.1. The van der Waals surface area contributed by atoms with E-state index in [1.807, 2.05) is 0 Å². The Kier molecular flexibility index (Phi) is 1.62. The molecule has 7 unspecified atom stereocenters. The predicted octanol–water partition coefficient (Wildman–Crippen LogP) is 1.84. The van der Waals surface area contributed by atoms with Gasteiger partial charge in [0.1, 0.15) is 5.78 Å². The van der Waals surface area contributed by atoms with Crippen LogP contribution in [0.2, 0.25) is 0 Å². The van der Waals surface area contributed by atoms with Crippen LogP contribution in [0.5, 0.6) is 0 Å². The van der Waals surface area contributed by atoms with E-state index in [4.69, 9.17) is 0 Å². The minimum atomic E-state index is -0.0926. The van der Waals surface area contributed by atoms with E-state index in [1.165, 1.54) is 19.4 Å². The van der Waals surface area contributed by atoms with Crippen molar-refractivity contribution in [1.82, 2.24) is 4.90 Å². The molecule has 0 radical (unpaired) electrons. The molecule has 2 spiro atoms. The average Bonchev–Trinajstić information content (AvgIpc) is 2.89. The molecule has 0 aromatic rings. The van der Waals surface area contributed by atoms with Gasteiger partial charge in [0.25, 0.3) is 0 Å². The van der Waals surface area contributed by atoms with E-state index in [9.17, 15) is 9.90 Å². The SMILES string of the molecule is CC12CCC(O)C34C1[C@H]1C[C@]56CC(=O)C(CC35)C[C@@H]6[C@H]4N1C2. The molecule has 0 amide bonds. The van der Waals surface area contributed by atoms with Gasteiger partial charge in [-0.3, -0.25) is 9.69 Å². The van der Waals surface area contributed by atoms with Crippen molar-refractivity contribution in [1.29, 1.82) is 0 Å². The number of rotatable bonds is 0. The van der Waals surface area contributed by atoms with Crippen molar-refractivity contribution in [2.45, 2.75) is 63.6 Å². The van der Waals surface area contributed by atoms with Gasteiger partial charge < -0.3 is 5.11 Å². The van der Waals surface area contributed by atoms with E-state index in [1.54, 1.807) is 0 Å². The van der Waals surface area contributed by atoms with Crippen LogP contribution in [0.15, 0.2) is 0 Å². The van der Waals surface area contributed by atoms with Crippen LogP contribution in [-0.2, 0) is 4.79 Å². The zero-order valence-corrected chi connectivity index (χ0v) is 13.3. The maximum Gasteiger partial charge on any atom is 0.136 e. The number of aliphatic hydroxyl groups excluding tert-OH is 1.